The number of ether oxygens (including phenoxy) is 1. The monoisotopic (exact) mass is 225 g/mol. The summed E-state index contributed by atoms with van der Waals surface area (Å²) in [6.45, 7) is 3.65. The number of fused-ring (bicyclic) bond motifs is 1. The smallest absolute Gasteiger partial charge is 0.123 e. The van der Waals surface area contributed by atoms with Crippen LogP contribution in [0.25, 0.3) is 0 Å². The van der Waals surface area contributed by atoms with Crippen molar-refractivity contribution < 1.29 is 4.74 Å². The summed E-state index contributed by atoms with van der Waals surface area (Å²) in [6.07, 6.45) is 1.94. The Balaban J connectivity index is 2.40. The molecule has 2 rings (SSSR count). The molecule has 1 aliphatic heterocycles. The van der Waals surface area contributed by atoms with Gasteiger partial charge < -0.3 is 10.5 Å². The van der Waals surface area contributed by atoms with Crippen LogP contribution in [0.1, 0.15) is 30.4 Å². The van der Waals surface area contributed by atoms with E-state index in [2.05, 4.69) is 6.92 Å². The Hall–Kier alpha value is -0.730. The molecule has 82 valence electrons. The zero-order valence-electron chi connectivity index (χ0n) is 8.92. The van der Waals surface area contributed by atoms with Crippen molar-refractivity contribution in [3.05, 3.63) is 28.3 Å². The third-order valence-electron chi connectivity index (χ3n) is 2.96. The van der Waals surface area contributed by atoms with Gasteiger partial charge in [0.15, 0.2) is 0 Å². The lowest BCUT2D eigenvalue weighted by Gasteiger charge is -2.16. The number of halogens is 1. The van der Waals surface area contributed by atoms with Crippen LogP contribution >= 0.6 is 11.6 Å². The van der Waals surface area contributed by atoms with Crippen LogP contribution in [-0.4, -0.2) is 13.2 Å². The highest BCUT2D eigenvalue weighted by Gasteiger charge is 2.21. The maximum absolute atomic E-state index is 6.24. The van der Waals surface area contributed by atoms with Gasteiger partial charge in [0.1, 0.15) is 5.75 Å². The Labute approximate surface area is 95.4 Å². The maximum atomic E-state index is 6.24. The quantitative estimate of drug-likeness (QED) is 0.859. The second-order valence-electron chi connectivity index (χ2n) is 4.01. The molecule has 1 aromatic rings. The molecule has 1 unspecified atom stereocenters. The third-order valence-corrected chi connectivity index (χ3v) is 3.29. The van der Waals surface area contributed by atoms with Crippen LogP contribution in [-0.2, 0) is 6.42 Å². The Morgan fingerprint density at radius 3 is 3.07 bits per heavy atom. The standard InChI is InChI=1S/C12H16ClNO/c1-8(4-6-14)12-9-5-7-15-11(9)3-2-10(12)13/h2-3,8H,4-7,14H2,1H3. The Kier molecular flexibility index (Phi) is 3.17. The van der Waals surface area contributed by atoms with E-state index in [0.717, 1.165) is 30.2 Å². The normalized spacial score (nSPS) is 15.9. The molecule has 15 heavy (non-hydrogen) atoms. The van der Waals surface area contributed by atoms with Gasteiger partial charge in [-0.1, -0.05) is 18.5 Å². The van der Waals surface area contributed by atoms with Crippen molar-refractivity contribution in [2.45, 2.75) is 25.7 Å². The first-order valence-corrected chi connectivity index (χ1v) is 5.76. The second kappa shape index (κ2) is 4.42. The number of hydrogen-bond acceptors (Lipinski definition) is 2. The zero-order chi connectivity index (χ0) is 10.8. The molecule has 0 bridgehead atoms. The molecule has 1 aliphatic rings. The van der Waals surface area contributed by atoms with E-state index in [-0.39, 0.29) is 0 Å². The number of hydrogen-bond donors (Lipinski definition) is 1. The molecule has 1 atom stereocenters. The van der Waals surface area contributed by atoms with Crippen molar-refractivity contribution >= 4 is 11.6 Å². The van der Waals surface area contributed by atoms with Gasteiger partial charge in [0.25, 0.3) is 0 Å². The second-order valence-corrected chi connectivity index (χ2v) is 4.42. The van der Waals surface area contributed by atoms with Crippen molar-refractivity contribution in [3.8, 4) is 5.75 Å². The number of nitrogens with two attached hydrogens (primary N) is 1. The molecule has 0 amide bonds. The third kappa shape index (κ3) is 1.97. The molecule has 2 N–H and O–H groups in total. The summed E-state index contributed by atoms with van der Waals surface area (Å²) >= 11 is 6.24. The van der Waals surface area contributed by atoms with E-state index in [1.165, 1.54) is 11.1 Å². The van der Waals surface area contributed by atoms with Gasteiger partial charge in [-0.3, -0.25) is 0 Å². The summed E-state index contributed by atoms with van der Waals surface area (Å²) in [5.74, 6) is 1.41. The van der Waals surface area contributed by atoms with Crippen LogP contribution in [0.5, 0.6) is 5.75 Å². The highest BCUT2D eigenvalue weighted by Crippen LogP contribution is 2.38. The first-order chi connectivity index (χ1) is 7.24. The van der Waals surface area contributed by atoms with Crippen LogP contribution in [0.15, 0.2) is 12.1 Å². The predicted octanol–water partition coefficient (Wildman–Crippen LogP) is 2.73. The first kappa shape index (κ1) is 10.8. The fraction of sp³-hybridized carbons (Fsp3) is 0.500. The highest BCUT2D eigenvalue weighted by atomic mass is 35.5. The Morgan fingerprint density at radius 2 is 2.33 bits per heavy atom. The summed E-state index contributed by atoms with van der Waals surface area (Å²) in [7, 11) is 0. The first-order valence-electron chi connectivity index (χ1n) is 5.38. The van der Waals surface area contributed by atoms with E-state index in [1.54, 1.807) is 0 Å². The molecule has 3 heteroatoms. The van der Waals surface area contributed by atoms with Gasteiger partial charge in [-0.05, 0) is 36.6 Å². The van der Waals surface area contributed by atoms with Crippen LogP contribution in [0.3, 0.4) is 0 Å². The van der Waals surface area contributed by atoms with E-state index in [9.17, 15) is 0 Å². The predicted molar refractivity (Wildman–Crippen MR) is 62.7 cm³/mol. The van der Waals surface area contributed by atoms with Gasteiger partial charge >= 0.3 is 0 Å². The van der Waals surface area contributed by atoms with Crippen molar-refractivity contribution in [1.82, 2.24) is 0 Å². The van der Waals surface area contributed by atoms with E-state index in [1.807, 2.05) is 12.1 Å². The van der Waals surface area contributed by atoms with E-state index in [0.29, 0.717) is 12.5 Å². The molecule has 0 aromatic heterocycles. The topological polar surface area (TPSA) is 35.2 Å². The average molecular weight is 226 g/mol. The van der Waals surface area contributed by atoms with Gasteiger partial charge in [-0.2, -0.15) is 0 Å². The van der Waals surface area contributed by atoms with Gasteiger partial charge in [0.05, 0.1) is 6.61 Å². The van der Waals surface area contributed by atoms with Crippen LogP contribution in [0.4, 0.5) is 0 Å². The van der Waals surface area contributed by atoms with Gasteiger partial charge in [0, 0.05) is 17.0 Å². The number of benzene rings is 1. The maximum Gasteiger partial charge on any atom is 0.123 e. The number of rotatable bonds is 3. The molecule has 0 radical (unpaired) electrons. The summed E-state index contributed by atoms with van der Waals surface area (Å²) in [4.78, 5) is 0. The zero-order valence-corrected chi connectivity index (χ0v) is 9.68. The fourth-order valence-electron chi connectivity index (χ4n) is 2.20. The molecular weight excluding hydrogens is 210 g/mol. The van der Waals surface area contributed by atoms with Crippen molar-refractivity contribution in [2.24, 2.45) is 5.73 Å². The molecule has 1 aromatic carbocycles. The van der Waals surface area contributed by atoms with E-state index in [4.69, 9.17) is 22.1 Å². The molecule has 0 spiro atoms. The summed E-state index contributed by atoms with van der Waals surface area (Å²) in [5, 5.41) is 0.847. The average Bonchev–Trinajstić information content (AvgIpc) is 2.65. The van der Waals surface area contributed by atoms with E-state index < -0.39 is 0 Å². The van der Waals surface area contributed by atoms with E-state index >= 15 is 0 Å². The minimum atomic E-state index is 0.416. The summed E-state index contributed by atoms with van der Waals surface area (Å²) < 4.78 is 5.53. The molecule has 0 aliphatic carbocycles. The molecule has 2 nitrogen and oxygen atoms in total. The molecule has 1 heterocycles. The summed E-state index contributed by atoms with van der Waals surface area (Å²) in [5.41, 5.74) is 8.10. The van der Waals surface area contributed by atoms with Crippen molar-refractivity contribution in [3.63, 3.8) is 0 Å². The van der Waals surface area contributed by atoms with Gasteiger partial charge in [-0.15, -0.1) is 0 Å². The SMILES string of the molecule is CC(CCN)c1c(Cl)ccc2c1CCO2. The van der Waals surface area contributed by atoms with Crippen LogP contribution < -0.4 is 10.5 Å². The van der Waals surface area contributed by atoms with Gasteiger partial charge in [-0.25, -0.2) is 0 Å². The van der Waals surface area contributed by atoms with Gasteiger partial charge in [0.2, 0.25) is 0 Å². The molecule has 0 saturated carbocycles. The Bertz CT molecular complexity index is 365. The lowest BCUT2D eigenvalue weighted by molar-refractivity contribution is 0.357. The lowest BCUT2D eigenvalue weighted by atomic mass is 9.92. The lowest BCUT2D eigenvalue weighted by Crippen LogP contribution is -2.06. The van der Waals surface area contributed by atoms with Crippen molar-refractivity contribution in [1.29, 1.82) is 0 Å². The highest BCUT2D eigenvalue weighted by molar-refractivity contribution is 6.31. The van der Waals surface area contributed by atoms with Crippen LogP contribution in [0, 0.1) is 0 Å². The molecular formula is C12H16ClNO. The fourth-order valence-corrected chi connectivity index (χ4v) is 2.56. The minimum Gasteiger partial charge on any atom is -0.493 e. The largest absolute Gasteiger partial charge is 0.493 e. The molecule has 0 fully saturated rings. The van der Waals surface area contributed by atoms with Crippen molar-refractivity contribution in [2.75, 3.05) is 13.2 Å². The van der Waals surface area contributed by atoms with Crippen LogP contribution in [0.2, 0.25) is 5.02 Å². The summed E-state index contributed by atoms with van der Waals surface area (Å²) in [6, 6.07) is 3.89. The Morgan fingerprint density at radius 1 is 1.53 bits per heavy atom. The molecule has 0 saturated heterocycles. The minimum absolute atomic E-state index is 0.416.